The summed E-state index contributed by atoms with van der Waals surface area (Å²) in [5.74, 6) is 0.657. The summed E-state index contributed by atoms with van der Waals surface area (Å²) in [6.07, 6.45) is 0. The van der Waals surface area contributed by atoms with Gasteiger partial charge in [-0.3, -0.25) is 9.69 Å². The number of halogens is 1. The van der Waals surface area contributed by atoms with Crippen LogP contribution < -0.4 is 9.64 Å². The number of carbonyl (C=O) groups excluding carboxylic acids is 1. The average molecular weight is 473 g/mol. The van der Waals surface area contributed by atoms with Crippen LogP contribution in [-0.4, -0.2) is 18.0 Å². The Kier molecular flexibility index (Phi) is 5.48. The van der Waals surface area contributed by atoms with Gasteiger partial charge in [0.25, 0.3) is 5.91 Å². The topological polar surface area (TPSA) is 42.4 Å². The Morgan fingerprint density at radius 1 is 1.11 bits per heavy atom. The van der Waals surface area contributed by atoms with E-state index in [0.717, 1.165) is 25.1 Å². The molecular formula is C21H17BrN2O2S2. The molecule has 0 saturated heterocycles. The van der Waals surface area contributed by atoms with E-state index in [4.69, 9.17) is 9.72 Å². The molecule has 0 atom stereocenters. The highest BCUT2D eigenvalue weighted by atomic mass is 79.9. The van der Waals surface area contributed by atoms with Crippen LogP contribution in [-0.2, 0) is 6.54 Å². The van der Waals surface area contributed by atoms with E-state index in [1.807, 2.05) is 61.5 Å². The van der Waals surface area contributed by atoms with Crippen molar-refractivity contribution < 1.29 is 9.53 Å². The van der Waals surface area contributed by atoms with Crippen molar-refractivity contribution in [1.29, 1.82) is 0 Å². The number of carbonyl (C=O) groups is 1. The molecule has 2 heterocycles. The molecule has 28 heavy (non-hydrogen) atoms. The largest absolute Gasteiger partial charge is 0.494 e. The number of thiazole rings is 1. The number of hydrogen-bond acceptors (Lipinski definition) is 5. The van der Waals surface area contributed by atoms with Gasteiger partial charge in [0.1, 0.15) is 11.3 Å². The van der Waals surface area contributed by atoms with E-state index in [2.05, 4.69) is 15.9 Å². The number of amides is 1. The Balaban J connectivity index is 1.82. The maximum Gasteiger partial charge on any atom is 0.270 e. The van der Waals surface area contributed by atoms with Gasteiger partial charge in [0, 0.05) is 0 Å². The first-order chi connectivity index (χ1) is 13.6. The van der Waals surface area contributed by atoms with Gasteiger partial charge in [0.05, 0.1) is 27.0 Å². The fourth-order valence-electron chi connectivity index (χ4n) is 2.93. The minimum Gasteiger partial charge on any atom is -0.494 e. The first-order valence-electron chi connectivity index (χ1n) is 8.62. The molecule has 0 aliphatic heterocycles. The quantitative estimate of drug-likeness (QED) is 0.342. The molecule has 142 valence electrons. The summed E-state index contributed by atoms with van der Waals surface area (Å²) < 4.78 is 7.44. The monoisotopic (exact) mass is 472 g/mol. The minimum absolute atomic E-state index is 0.0600. The van der Waals surface area contributed by atoms with Crippen LogP contribution in [0.5, 0.6) is 5.75 Å². The van der Waals surface area contributed by atoms with Crippen molar-refractivity contribution in [3.8, 4) is 5.75 Å². The van der Waals surface area contributed by atoms with Crippen LogP contribution in [0.2, 0.25) is 0 Å². The van der Waals surface area contributed by atoms with Gasteiger partial charge in [-0.05, 0) is 52.2 Å². The number of methoxy groups -OCH3 is 1. The number of hydrogen-bond donors (Lipinski definition) is 0. The maximum absolute atomic E-state index is 13.3. The molecule has 0 aliphatic carbocycles. The lowest BCUT2D eigenvalue weighted by atomic mass is 10.2. The summed E-state index contributed by atoms with van der Waals surface area (Å²) in [4.78, 5) is 20.5. The smallest absolute Gasteiger partial charge is 0.270 e. The van der Waals surface area contributed by atoms with E-state index in [-0.39, 0.29) is 5.91 Å². The lowest BCUT2D eigenvalue weighted by Gasteiger charge is -2.19. The molecule has 4 aromatic rings. The fraction of sp³-hybridized carbons (Fsp3) is 0.143. The second-order valence-electron chi connectivity index (χ2n) is 6.24. The third-order valence-corrected chi connectivity index (χ3v) is 7.18. The number of nitrogens with zero attached hydrogens (tertiary/aromatic N) is 2. The molecule has 1 amide bonds. The number of rotatable bonds is 5. The lowest BCUT2D eigenvalue weighted by Crippen LogP contribution is -2.29. The molecule has 0 spiro atoms. The predicted molar refractivity (Wildman–Crippen MR) is 120 cm³/mol. The molecule has 7 heteroatoms. The van der Waals surface area contributed by atoms with Crippen LogP contribution in [0.4, 0.5) is 5.13 Å². The number of fused-ring (bicyclic) bond motifs is 1. The van der Waals surface area contributed by atoms with E-state index < -0.39 is 0 Å². The first-order valence-corrected chi connectivity index (χ1v) is 11.0. The second kappa shape index (κ2) is 8.03. The maximum atomic E-state index is 13.3. The van der Waals surface area contributed by atoms with Crippen LogP contribution in [0.25, 0.3) is 10.2 Å². The van der Waals surface area contributed by atoms with Crippen molar-refractivity contribution in [3.05, 3.63) is 74.4 Å². The molecular weight excluding hydrogens is 456 g/mol. The van der Waals surface area contributed by atoms with Crippen molar-refractivity contribution in [3.63, 3.8) is 0 Å². The van der Waals surface area contributed by atoms with Gasteiger partial charge in [-0.1, -0.05) is 47.7 Å². The number of anilines is 1. The normalized spacial score (nSPS) is 11.0. The highest BCUT2D eigenvalue weighted by molar-refractivity contribution is 9.11. The zero-order valence-electron chi connectivity index (χ0n) is 15.3. The van der Waals surface area contributed by atoms with Gasteiger partial charge in [-0.15, -0.1) is 11.3 Å². The van der Waals surface area contributed by atoms with E-state index in [1.165, 1.54) is 22.7 Å². The standard InChI is InChI=1S/C21H17BrN2O2S2/c1-13-8-9-15(26-2)18-19(13)28-21(23-18)24(12-14-6-4-3-5-7-14)20(25)16-10-11-17(22)27-16/h3-11H,12H2,1-2H3. The Morgan fingerprint density at radius 2 is 1.89 bits per heavy atom. The van der Waals surface area contributed by atoms with Crippen LogP contribution in [0.15, 0.2) is 58.4 Å². The van der Waals surface area contributed by atoms with Gasteiger partial charge < -0.3 is 4.74 Å². The molecule has 2 aromatic carbocycles. The van der Waals surface area contributed by atoms with Crippen molar-refractivity contribution in [1.82, 2.24) is 4.98 Å². The number of aromatic nitrogens is 1. The number of ether oxygens (including phenoxy) is 1. The SMILES string of the molecule is COc1ccc(C)c2sc(N(Cc3ccccc3)C(=O)c3ccc(Br)s3)nc12. The van der Waals surface area contributed by atoms with Crippen LogP contribution in [0.3, 0.4) is 0 Å². The summed E-state index contributed by atoms with van der Waals surface area (Å²) in [7, 11) is 1.64. The third-order valence-electron chi connectivity index (χ3n) is 4.36. The number of thiophene rings is 1. The molecule has 0 saturated carbocycles. The molecule has 0 radical (unpaired) electrons. The minimum atomic E-state index is -0.0600. The van der Waals surface area contributed by atoms with Crippen molar-refractivity contribution in [2.45, 2.75) is 13.5 Å². The molecule has 0 aliphatic rings. The molecule has 2 aromatic heterocycles. The van der Waals surface area contributed by atoms with E-state index in [9.17, 15) is 4.79 Å². The van der Waals surface area contributed by atoms with E-state index in [1.54, 1.807) is 12.0 Å². The number of benzene rings is 2. The zero-order valence-corrected chi connectivity index (χ0v) is 18.5. The highest BCUT2D eigenvalue weighted by Crippen LogP contribution is 2.37. The van der Waals surface area contributed by atoms with Crippen molar-refractivity contribution in [2.24, 2.45) is 0 Å². The Hall–Kier alpha value is -2.22. The molecule has 4 rings (SSSR count). The van der Waals surface area contributed by atoms with Gasteiger partial charge in [0.15, 0.2) is 5.13 Å². The summed E-state index contributed by atoms with van der Waals surface area (Å²) >= 11 is 6.39. The summed E-state index contributed by atoms with van der Waals surface area (Å²) in [6, 6.07) is 17.6. The zero-order chi connectivity index (χ0) is 19.7. The van der Waals surface area contributed by atoms with Crippen LogP contribution in [0, 0.1) is 6.92 Å². The van der Waals surface area contributed by atoms with Gasteiger partial charge in [0.2, 0.25) is 0 Å². The van der Waals surface area contributed by atoms with Crippen molar-refractivity contribution >= 4 is 59.9 Å². The Bertz CT molecular complexity index is 1140. The lowest BCUT2D eigenvalue weighted by molar-refractivity contribution is 0.0989. The summed E-state index contributed by atoms with van der Waals surface area (Å²) in [5.41, 5.74) is 2.96. The van der Waals surface area contributed by atoms with Crippen LogP contribution >= 0.6 is 38.6 Å². The average Bonchev–Trinajstić information content (AvgIpc) is 3.34. The molecule has 0 N–H and O–H groups in total. The van der Waals surface area contributed by atoms with E-state index in [0.29, 0.717) is 22.3 Å². The Morgan fingerprint density at radius 3 is 2.57 bits per heavy atom. The molecule has 0 unspecified atom stereocenters. The molecule has 4 nitrogen and oxygen atoms in total. The summed E-state index contributed by atoms with van der Waals surface area (Å²) in [5, 5.41) is 0.668. The van der Waals surface area contributed by atoms with Crippen LogP contribution in [0.1, 0.15) is 20.8 Å². The number of aryl methyl sites for hydroxylation is 1. The second-order valence-corrected chi connectivity index (χ2v) is 9.68. The van der Waals surface area contributed by atoms with Gasteiger partial charge >= 0.3 is 0 Å². The summed E-state index contributed by atoms with van der Waals surface area (Å²) in [6.45, 7) is 2.50. The Labute approximate surface area is 179 Å². The first kappa shape index (κ1) is 19.1. The van der Waals surface area contributed by atoms with Gasteiger partial charge in [-0.25, -0.2) is 4.98 Å². The fourth-order valence-corrected chi connectivity index (χ4v) is 5.32. The van der Waals surface area contributed by atoms with Gasteiger partial charge in [-0.2, -0.15) is 0 Å². The molecule has 0 fully saturated rings. The third kappa shape index (κ3) is 3.70. The van der Waals surface area contributed by atoms with E-state index >= 15 is 0 Å². The highest BCUT2D eigenvalue weighted by Gasteiger charge is 2.24. The van der Waals surface area contributed by atoms with Crippen molar-refractivity contribution in [2.75, 3.05) is 12.0 Å². The predicted octanol–water partition coefficient (Wildman–Crippen LogP) is 6.28. The molecule has 0 bridgehead atoms.